The number of halogens is 1. The smallest absolute Gasteiger partial charge is 0.275 e. The van der Waals surface area contributed by atoms with Crippen molar-refractivity contribution >= 4 is 27.3 Å². The summed E-state index contributed by atoms with van der Waals surface area (Å²) in [4.78, 5) is 24.5. The molecule has 0 fully saturated rings. The highest BCUT2D eigenvalue weighted by atomic mass is 32.2. The number of hydrogen-bond acceptors (Lipinski definition) is 8. The van der Waals surface area contributed by atoms with Gasteiger partial charge in [0.05, 0.1) is 25.3 Å². The predicted octanol–water partition coefficient (Wildman–Crippen LogP) is 1.27. The number of aliphatic imine (C=N–C) groups is 1. The lowest BCUT2D eigenvalue weighted by molar-refractivity contribution is 0.102. The molecule has 0 radical (unpaired) electrons. The van der Waals surface area contributed by atoms with Crippen molar-refractivity contribution in [3.63, 3.8) is 0 Å². The number of nitrogens with one attached hydrogen (secondary N) is 1. The molecule has 0 aliphatic carbocycles. The molecule has 11 heteroatoms. The predicted molar refractivity (Wildman–Crippen MR) is 105 cm³/mol. The van der Waals surface area contributed by atoms with E-state index in [0.717, 1.165) is 6.07 Å². The average Bonchev–Trinajstić information content (AvgIpc) is 2.67. The van der Waals surface area contributed by atoms with E-state index < -0.39 is 38.1 Å². The first-order valence-corrected chi connectivity index (χ1v) is 10.3. The van der Waals surface area contributed by atoms with Gasteiger partial charge in [-0.15, -0.1) is 0 Å². The largest absolute Gasteiger partial charge is 0.480 e. The van der Waals surface area contributed by atoms with Gasteiger partial charge in [-0.3, -0.25) is 9.79 Å². The topological polar surface area (TPSA) is 137 Å². The molecular formula is C18H20FN5O4S. The van der Waals surface area contributed by atoms with Gasteiger partial charge in [-0.1, -0.05) is 0 Å². The number of amidine groups is 1. The molecular weight excluding hydrogens is 401 g/mol. The molecule has 9 nitrogen and oxygen atoms in total. The molecule has 2 heterocycles. The van der Waals surface area contributed by atoms with Crippen LogP contribution in [0.3, 0.4) is 0 Å². The van der Waals surface area contributed by atoms with Crippen LogP contribution in [0, 0.1) is 5.82 Å². The molecule has 3 N–H and O–H groups in total. The van der Waals surface area contributed by atoms with E-state index >= 15 is 0 Å². The maximum Gasteiger partial charge on any atom is 0.275 e. The van der Waals surface area contributed by atoms with E-state index in [-0.39, 0.29) is 28.7 Å². The number of ether oxygens (including phenoxy) is 1. The number of nitrogens with zero attached hydrogens (tertiary/aromatic N) is 3. The monoisotopic (exact) mass is 421 g/mol. The maximum absolute atomic E-state index is 14.6. The number of methoxy groups -OCH3 is 1. The van der Waals surface area contributed by atoms with Crippen molar-refractivity contribution in [2.24, 2.45) is 10.7 Å². The third-order valence-corrected chi connectivity index (χ3v) is 6.97. The summed E-state index contributed by atoms with van der Waals surface area (Å²) in [6.45, 7) is 2.93. The zero-order chi connectivity index (χ0) is 21.4. The van der Waals surface area contributed by atoms with Crippen LogP contribution in [0.1, 0.15) is 29.9 Å². The van der Waals surface area contributed by atoms with E-state index in [1.165, 1.54) is 45.5 Å². The van der Waals surface area contributed by atoms with Gasteiger partial charge in [0.1, 0.15) is 28.1 Å². The molecule has 3 rings (SSSR count). The number of benzene rings is 1. The second kappa shape index (κ2) is 7.39. The van der Waals surface area contributed by atoms with Crippen molar-refractivity contribution < 1.29 is 22.3 Å². The van der Waals surface area contributed by atoms with Crippen molar-refractivity contribution in [2.45, 2.75) is 24.6 Å². The average molecular weight is 421 g/mol. The van der Waals surface area contributed by atoms with E-state index in [1.54, 1.807) is 0 Å². The minimum Gasteiger partial charge on any atom is -0.480 e. The Hall–Kier alpha value is -3.08. The summed E-state index contributed by atoms with van der Waals surface area (Å²) in [5, 5.41) is 1.65. The highest BCUT2D eigenvalue weighted by Crippen LogP contribution is 2.35. The molecule has 2 atom stereocenters. The fraction of sp³-hybridized carbons (Fsp3) is 0.333. The van der Waals surface area contributed by atoms with E-state index in [9.17, 15) is 17.6 Å². The molecule has 0 bridgehead atoms. The molecule has 0 saturated heterocycles. The Balaban J connectivity index is 1.93. The summed E-state index contributed by atoms with van der Waals surface area (Å²) < 4.78 is 44.3. The van der Waals surface area contributed by atoms with Crippen molar-refractivity contribution in [1.82, 2.24) is 9.97 Å². The molecule has 0 saturated carbocycles. The van der Waals surface area contributed by atoms with Crippen LogP contribution in [0.15, 0.2) is 35.6 Å². The summed E-state index contributed by atoms with van der Waals surface area (Å²) in [5.74, 6) is -1.46. The van der Waals surface area contributed by atoms with E-state index in [0.29, 0.717) is 0 Å². The fourth-order valence-corrected chi connectivity index (χ4v) is 4.67. The zero-order valence-corrected chi connectivity index (χ0v) is 16.8. The van der Waals surface area contributed by atoms with E-state index in [1.807, 2.05) is 0 Å². The number of aromatic nitrogens is 2. The van der Waals surface area contributed by atoms with Crippen molar-refractivity contribution in [1.29, 1.82) is 0 Å². The molecule has 2 unspecified atom stereocenters. The molecule has 1 aromatic heterocycles. The van der Waals surface area contributed by atoms with Crippen LogP contribution < -0.4 is 15.8 Å². The Kier molecular flexibility index (Phi) is 5.26. The Morgan fingerprint density at radius 1 is 1.34 bits per heavy atom. The van der Waals surface area contributed by atoms with Crippen LogP contribution >= 0.6 is 0 Å². The van der Waals surface area contributed by atoms with Gasteiger partial charge in [-0.05, 0) is 32.0 Å². The van der Waals surface area contributed by atoms with Crippen LogP contribution in [0.2, 0.25) is 0 Å². The standard InChI is InChI=1S/C18H20FN5O4S/c1-10-16(20)24-18(2,9-29(10,26)27)12-6-11(4-5-13(12)19)23-17(25)14-7-22-15(28-3)8-21-14/h4-8,10H,9H2,1-3H3,(H2,20,24)(H,23,25). The quantitative estimate of drug-likeness (QED) is 0.758. The van der Waals surface area contributed by atoms with Crippen LogP contribution in [0.25, 0.3) is 0 Å². The van der Waals surface area contributed by atoms with E-state index in [4.69, 9.17) is 10.5 Å². The highest BCUT2D eigenvalue weighted by Gasteiger charge is 2.42. The van der Waals surface area contributed by atoms with Gasteiger partial charge in [0.2, 0.25) is 5.88 Å². The highest BCUT2D eigenvalue weighted by molar-refractivity contribution is 7.92. The zero-order valence-electron chi connectivity index (χ0n) is 16.0. The lowest BCUT2D eigenvalue weighted by atomic mass is 9.93. The summed E-state index contributed by atoms with van der Waals surface area (Å²) >= 11 is 0. The van der Waals surface area contributed by atoms with Crippen molar-refractivity contribution in [2.75, 3.05) is 18.2 Å². The van der Waals surface area contributed by atoms with E-state index in [2.05, 4.69) is 20.3 Å². The van der Waals surface area contributed by atoms with Gasteiger partial charge in [0.25, 0.3) is 5.91 Å². The van der Waals surface area contributed by atoms with Crippen LogP contribution in [-0.2, 0) is 15.4 Å². The summed E-state index contributed by atoms with van der Waals surface area (Å²) in [7, 11) is -2.19. The molecule has 1 aliphatic heterocycles. The van der Waals surface area contributed by atoms with Gasteiger partial charge in [-0.2, -0.15) is 0 Å². The Morgan fingerprint density at radius 2 is 2.07 bits per heavy atom. The van der Waals surface area contributed by atoms with Gasteiger partial charge >= 0.3 is 0 Å². The maximum atomic E-state index is 14.6. The second-order valence-corrected chi connectivity index (χ2v) is 9.17. The number of carbonyl (C=O) groups excluding carboxylic acids is 1. The Morgan fingerprint density at radius 3 is 2.66 bits per heavy atom. The number of nitrogens with two attached hydrogens (primary N) is 1. The molecule has 29 heavy (non-hydrogen) atoms. The first-order chi connectivity index (χ1) is 13.6. The normalized spacial score (nSPS) is 23.2. The van der Waals surface area contributed by atoms with Crippen molar-refractivity contribution in [3.8, 4) is 5.88 Å². The first-order valence-electron chi connectivity index (χ1n) is 8.60. The number of sulfone groups is 1. The number of carbonyl (C=O) groups is 1. The number of anilines is 1. The lowest BCUT2D eigenvalue weighted by Crippen LogP contribution is -2.47. The Labute approximate surface area is 167 Å². The molecule has 1 amide bonds. The summed E-state index contributed by atoms with van der Waals surface area (Å²) in [5.41, 5.74) is 4.65. The van der Waals surface area contributed by atoms with Crippen LogP contribution in [0.5, 0.6) is 5.88 Å². The summed E-state index contributed by atoms with van der Waals surface area (Å²) in [6.07, 6.45) is 2.53. The molecule has 1 aromatic carbocycles. The molecule has 1 aliphatic rings. The van der Waals surface area contributed by atoms with Crippen LogP contribution in [0.4, 0.5) is 10.1 Å². The minimum absolute atomic E-state index is 0.00883. The van der Waals surface area contributed by atoms with Crippen molar-refractivity contribution in [3.05, 3.63) is 47.7 Å². The molecule has 154 valence electrons. The Bertz CT molecular complexity index is 1090. The van der Waals surface area contributed by atoms with Gasteiger partial charge in [0.15, 0.2) is 9.84 Å². The SMILES string of the molecule is COc1cnc(C(=O)Nc2ccc(F)c(C3(C)CS(=O)(=O)C(C)C(N)=N3)c2)cn1. The van der Waals surface area contributed by atoms with Gasteiger partial charge in [-0.25, -0.2) is 22.8 Å². The molecule has 2 aromatic rings. The second-order valence-electron chi connectivity index (χ2n) is 6.85. The minimum atomic E-state index is -3.61. The summed E-state index contributed by atoms with van der Waals surface area (Å²) in [6, 6.07) is 3.82. The molecule has 0 spiro atoms. The third-order valence-electron chi connectivity index (χ3n) is 4.69. The van der Waals surface area contributed by atoms with Gasteiger partial charge in [0, 0.05) is 11.3 Å². The lowest BCUT2D eigenvalue weighted by Gasteiger charge is -2.33. The number of amides is 1. The number of hydrogen-bond donors (Lipinski definition) is 2. The number of rotatable bonds is 4. The fourth-order valence-electron chi connectivity index (χ4n) is 3.00. The first kappa shape index (κ1) is 20.6. The van der Waals surface area contributed by atoms with Crippen LogP contribution in [-0.4, -0.2) is 48.2 Å². The van der Waals surface area contributed by atoms with Gasteiger partial charge < -0.3 is 15.8 Å². The third kappa shape index (κ3) is 4.04.